The van der Waals surface area contributed by atoms with Gasteiger partial charge < -0.3 is 39.3 Å². The van der Waals surface area contributed by atoms with Crippen molar-refractivity contribution in [1.82, 2.24) is 0 Å². The number of hydrogen-bond acceptors (Lipinski definition) is 9. The maximum atomic E-state index is 13.4. The van der Waals surface area contributed by atoms with E-state index >= 15 is 0 Å². The van der Waals surface area contributed by atoms with Crippen molar-refractivity contribution in [3.8, 4) is 11.5 Å². The smallest absolute Gasteiger partial charge is 0.342 e. The van der Waals surface area contributed by atoms with Crippen LogP contribution in [0.4, 0.5) is 0 Å². The number of ether oxygens (including phenoxy) is 6. The number of carbonyl (C=O) groups is 1. The van der Waals surface area contributed by atoms with Crippen molar-refractivity contribution in [1.29, 1.82) is 0 Å². The fourth-order valence-corrected chi connectivity index (χ4v) is 4.04. The molecule has 0 radical (unpaired) electrons. The van der Waals surface area contributed by atoms with Crippen LogP contribution >= 0.6 is 0 Å². The summed E-state index contributed by atoms with van der Waals surface area (Å²) in [7, 11) is 1.50. The number of aliphatic hydroxyl groups excluding tert-OH is 1. The van der Waals surface area contributed by atoms with Crippen LogP contribution in [-0.2, 0) is 18.9 Å². The molecule has 3 rings (SSSR count). The summed E-state index contributed by atoms with van der Waals surface area (Å²) < 4.78 is 34.4. The van der Waals surface area contributed by atoms with Crippen LogP contribution in [0.3, 0.4) is 0 Å². The lowest BCUT2D eigenvalue weighted by molar-refractivity contribution is -0.152. The van der Waals surface area contributed by atoms with Gasteiger partial charge in [0.05, 0.1) is 6.10 Å². The predicted molar refractivity (Wildman–Crippen MR) is 130 cm³/mol. The molecule has 2 aliphatic rings. The van der Waals surface area contributed by atoms with Crippen LogP contribution in [0.25, 0.3) is 6.08 Å². The van der Waals surface area contributed by atoms with Crippen LogP contribution in [-0.4, -0.2) is 68.3 Å². The monoisotopic (exact) mass is 491 g/mol. The molecule has 1 aromatic rings. The summed E-state index contributed by atoms with van der Waals surface area (Å²) in [5.74, 6) is -0.785. The Kier molecular flexibility index (Phi) is 9.32. The third kappa shape index (κ3) is 6.83. The zero-order chi connectivity index (χ0) is 25.6. The van der Waals surface area contributed by atoms with Gasteiger partial charge in [-0.2, -0.15) is 0 Å². The first-order valence-electron chi connectivity index (χ1n) is 11.9. The summed E-state index contributed by atoms with van der Waals surface area (Å²) in [5.41, 5.74) is 6.37. The molecule has 0 spiro atoms. The molecular weight excluding hydrogens is 454 g/mol. The lowest BCUT2D eigenvalue weighted by Gasteiger charge is -2.23. The Bertz CT molecular complexity index is 928. The Morgan fingerprint density at radius 1 is 1.14 bits per heavy atom. The van der Waals surface area contributed by atoms with E-state index < -0.39 is 36.2 Å². The van der Waals surface area contributed by atoms with Gasteiger partial charge in [-0.1, -0.05) is 31.2 Å². The molecule has 0 amide bonds. The molecule has 9 heteroatoms. The molecule has 1 unspecified atom stereocenters. The topological polar surface area (TPSA) is 119 Å². The Hall–Kier alpha value is -2.43. The lowest BCUT2D eigenvalue weighted by Crippen LogP contribution is -2.34. The third-order valence-electron chi connectivity index (χ3n) is 5.94. The van der Waals surface area contributed by atoms with Gasteiger partial charge in [0.25, 0.3) is 0 Å². The minimum atomic E-state index is -0.881. The number of nitrogens with two attached hydrogens (primary N) is 1. The van der Waals surface area contributed by atoms with Gasteiger partial charge in [0, 0.05) is 25.1 Å². The first-order chi connectivity index (χ1) is 16.7. The molecule has 2 aliphatic heterocycles. The van der Waals surface area contributed by atoms with E-state index in [1.165, 1.54) is 7.11 Å². The van der Waals surface area contributed by atoms with E-state index in [1.54, 1.807) is 31.2 Å². The number of rotatable bonds is 6. The van der Waals surface area contributed by atoms with Crippen LogP contribution in [0, 0.1) is 5.92 Å². The number of hydrogen-bond donors (Lipinski definition) is 2. The van der Waals surface area contributed by atoms with Gasteiger partial charge >= 0.3 is 5.97 Å². The maximum absolute atomic E-state index is 13.4. The van der Waals surface area contributed by atoms with Crippen LogP contribution in [0.1, 0.15) is 50.0 Å². The summed E-state index contributed by atoms with van der Waals surface area (Å²) in [6.07, 6.45) is 5.24. The zero-order valence-electron chi connectivity index (χ0n) is 21.1. The Balaban J connectivity index is 2.09. The highest BCUT2D eigenvalue weighted by Gasteiger charge is 2.43. The van der Waals surface area contributed by atoms with Gasteiger partial charge in [0.1, 0.15) is 42.0 Å². The molecule has 1 aromatic carbocycles. The average molecular weight is 492 g/mol. The van der Waals surface area contributed by atoms with Gasteiger partial charge in [0.15, 0.2) is 12.6 Å². The Morgan fingerprint density at radius 2 is 1.89 bits per heavy atom. The molecule has 2 heterocycles. The highest BCUT2D eigenvalue weighted by molar-refractivity contribution is 5.98. The van der Waals surface area contributed by atoms with E-state index in [4.69, 9.17) is 34.2 Å². The number of aliphatic hydroxyl groups is 1. The van der Waals surface area contributed by atoms with Crippen molar-refractivity contribution in [2.24, 2.45) is 11.7 Å². The van der Waals surface area contributed by atoms with Gasteiger partial charge in [-0.15, -0.1) is 0 Å². The molecule has 5 atom stereocenters. The summed E-state index contributed by atoms with van der Waals surface area (Å²) in [5, 5.41) is 10.8. The minimum absolute atomic E-state index is 0.0387. The number of esters is 1. The van der Waals surface area contributed by atoms with Gasteiger partial charge in [-0.25, -0.2) is 4.79 Å². The van der Waals surface area contributed by atoms with E-state index in [9.17, 15) is 9.90 Å². The second kappa shape index (κ2) is 12.0. The van der Waals surface area contributed by atoms with Gasteiger partial charge in [0.2, 0.25) is 0 Å². The summed E-state index contributed by atoms with van der Waals surface area (Å²) >= 11 is 0. The van der Waals surface area contributed by atoms with Gasteiger partial charge in [-0.05, 0) is 39.3 Å². The largest absolute Gasteiger partial charge is 0.492 e. The summed E-state index contributed by atoms with van der Waals surface area (Å²) in [4.78, 5) is 13.4. The van der Waals surface area contributed by atoms with Crippen molar-refractivity contribution in [2.45, 2.75) is 64.3 Å². The quantitative estimate of drug-likeness (QED) is 0.352. The predicted octanol–water partition coefficient (Wildman–Crippen LogP) is 3.04. The maximum Gasteiger partial charge on any atom is 0.342 e. The summed E-state index contributed by atoms with van der Waals surface area (Å²) in [6.45, 7) is 7.89. The third-order valence-corrected chi connectivity index (χ3v) is 5.94. The lowest BCUT2D eigenvalue weighted by atomic mass is 9.98. The Labute approximate surface area is 206 Å². The zero-order valence-corrected chi connectivity index (χ0v) is 21.1. The van der Waals surface area contributed by atoms with Crippen LogP contribution in [0.5, 0.6) is 11.5 Å². The molecule has 194 valence electrons. The molecule has 1 fully saturated rings. The molecule has 0 bridgehead atoms. The van der Waals surface area contributed by atoms with E-state index in [-0.39, 0.29) is 24.9 Å². The van der Waals surface area contributed by atoms with E-state index in [1.807, 2.05) is 32.9 Å². The van der Waals surface area contributed by atoms with Crippen LogP contribution < -0.4 is 15.2 Å². The number of benzene rings is 1. The van der Waals surface area contributed by atoms with E-state index in [0.29, 0.717) is 30.0 Å². The first kappa shape index (κ1) is 27.2. The average Bonchev–Trinajstić information content (AvgIpc) is 3.13. The molecule has 9 nitrogen and oxygen atoms in total. The second-order valence-electron chi connectivity index (χ2n) is 9.16. The number of cyclic esters (lactones) is 1. The first-order valence-corrected chi connectivity index (χ1v) is 11.9. The highest BCUT2D eigenvalue weighted by atomic mass is 16.8. The molecule has 35 heavy (non-hydrogen) atoms. The molecule has 3 N–H and O–H groups in total. The fourth-order valence-electron chi connectivity index (χ4n) is 4.04. The number of methoxy groups -OCH3 is 1. The van der Waals surface area contributed by atoms with Crippen molar-refractivity contribution in [3.05, 3.63) is 41.5 Å². The molecule has 1 saturated heterocycles. The molecule has 0 aliphatic carbocycles. The Morgan fingerprint density at radius 3 is 2.60 bits per heavy atom. The molecular formula is C26H37NO8. The van der Waals surface area contributed by atoms with E-state index in [0.717, 1.165) is 0 Å². The molecule has 0 saturated carbocycles. The SMILES string of the molecule is COCOc1ccc(OCCN)c2c1C(=O)O[C@@H](C)[C@H](C)/C=C\C(O)[C@H]1OC(C)(C)O[C@H]1CC=C2. The van der Waals surface area contributed by atoms with Gasteiger partial charge in [-0.3, -0.25) is 0 Å². The minimum Gasteiger partial charge on any atom is -0.492 e. The fraction of sp³-hybridized carbons (Fsp3) is 0.577. The van der Waals surface area contributed by atoms with Crippen LogP contribution in [0.15, 0.2) is 30.4 Å². The van der Waals surface area contributed by atoms with Crippen molar-refractivity contribution >= 4 is 12.0 Å². The summed E-state index contributed by atoms with van der Waals surface area (Å²) in [6, 6.07) is 3.37. The van der Waals surface area contributed by atoms with Crippen LogP contribution in [0.2, 0.25) is 0 Å². The van der Waals surface area contributed by atoms with Crippen molar-refractivity contribution in [2.75, 3.05) is 27.1 Å². The van der Waals surface area contributed by atoms with Crippen molar-refractivity contribution in [3.63, 3.8) is 0 Å². The highest BCUT2D eigenvalue weighted by Crippen LogP contribution is 2.36. The van der Waals surface area contributed by atoms with Crippen molar-refractivity contribution < 1.29 is 38.3 Å². The molecule has 0 aromatic heterocycles. The standard InChI is InChI=1S/C26H37NO8/c1-16-9-10-19(28)24-22(34-26(3,4)35-24)8-6-7-18-20(31-14-13-27)11-12-21(32-15-30-5)23(18)25(29)33-17(16)2/h6-7,9-12,16-17,19,22,24,28H,8,13-15,27H2,1-5H3/b7-6?,10-9-/t16-,17+,19?,22+,24-/m1/s1. The number of carbonyl (C=O) groups excluding carboxylic acids is 1. The second-order valence-corrected chi connectivity index (χ2v) is 9.16. The normalized spacial score (nSPS) is 29.5. The van der Waals surface area contributed by atoms with E-state index in [2.05, 4.69) is 0 Å². The number of fused-ring (bicyclic) bond motifs is 2.